The van der Waals surface area contributed by atoms with E-state index in [0.717, 1.165) is 17.8 Å². The highest BCUT2D eigenvalue weighted by molar-refractivity contribution is 6.32. The number of ether oxygens (including phenoxy) is 1. The molecule has 3 aromatic rings. The van der Waals surface area contributed by atoms with E-state index in [1.165, 1.54) is 0 Å². The molecule has 0 aliphatic rings. The predicted molar refractivity (Wildman–Crippen MR) is 105 cm³/mol. The van der Waals surface area contributed by atoms with Crippen LogP contribution in [0.3, 0.4) is 0 Å². The van der Waals surface area contributed by atoms with Crippen LogP contribution in [0, 0.1) is 13.8 Å². The molecule has 2 aromatic heterocycles. The Morgan fingerprint density at radius 2 is 2.07 bits per heavy atom. The third-order valence-corrected chi connectivity index (χ3v) is 4.97. The highest BCUT2D eigenvalue weighted by Crippen LogP contribution is 2.26. The molecule has 3 rings (SSSR count). The fourth-order valence-electron chi connectivity index (χ4n) is 2.91. The summed E-state index contributed by atoms with van der Waals surface area (Å²) in [5.41, 5.74) is 2.89. The van der Waals surface area contributed by atoms with Crippen LogP contribution in [0.25, 0.3) is 0 Å². The van der Waals surface area contributed by atoms with Crippen LogP contribution in [-0.4, -0.2) is 32.8 Å². The quantitative estimate of drug-likeness (QED) is 0.597. The van der Waals surface area contributed by atoms with E-state index in [9.17, 15) is 4.79 Å². The van der Waals surface area contributed by atoms with Gasteiger partial charge in [-0.1, -0.05) is 28.9 Å². The van der Waals surface area contributed by atoms with Gasteiger partial charge in [-0.3, -0.25) is 9.48 Å². The minimum Gasteiger partial charge on any atom is -0.487 e. The van der Waals surface area contributed by atoms with E-state index in [1.54, 1.807) is 37.2 Å². The predicted octanol–water partition coefficient (Wildman–Crippen LogP) is 4.01. The van der Waals surface area contributed by atoms with Gasteiger partial charge in [-0.15, -0.1) is 0 Å². The van der Waals surface area contributed by atoms with Crippen LogP contribution >= 0.6 is 11.6 Å². The Morgan fingerprint density at radius 3 is 2.75 bits per heavy atom. The lowest BCUT2D eigenvalue weighted by molar-refractivity contribution is 0.0772. The van der Waals surface area contributed by atoms with Gasteiger partial charge in [0.15, 0.2) is 5.69 Å². The van der Waals surface area contributed by atoms with E-state index in [0.29, 0.717) is 28.6 Å². The van der Waals surface area contributed by atoms with Crippen molar-refractivity contribution in [2.24, 2.45) is 0 Å². The maximum Gasteiger partial charge on any atom is 0.276 e. The molecule has 0 aliphatic heterocycles. The molecule has 0 saturated heterocycles. The molecule has 0 radical (unpaired) electrons. The van der Waals surface area contributed by atoms with Crippen molar-refractivity contribution in [3.63, 3.8) is 0 Å². The maximum absolute atomic E-state index is 12.9. The minimum absolute atomic E-state index is 0.140. The summed E-state index contributed by atoms with van der Waals surface area (Å²) >= 11 is 6.13. The molecule has 148 valence electrons. The molecule has 0 bridgehead atoms. The molecule has 0 saturated carbocycles. The molecule has 2 heterocycles. The van der Waals surface area contributed by atoms with E-state index in [2.05, 4.69) is 10.3 Å². The second-order valence-corrected chi connectivity index (χ2v) is 6.92. The zero-order chi connectivity index (χ0) is 20.3. The summed E-state index contributed by atoms with van der Waals surface area (Å²) in [6, 6.07) is 7.18. The van der Waals surface area contributed by atoms with Gasteiger partial charge in [0.25, 0.3) is 5.91 Å². The van der Waals surface area contributed by atoms with E-state index in [1.807, 2.05) is 30.7 Å². The number of hydrogen-bond donors (Lipinski definition) is 0. The molecule has 1 aromatic carbocycles. The second kappa shape index (κ2) is 8.48. The number of carbonyl (C=O) groups excluding carboxylic acids is 1. The molecule has 0 atom stereocenters. The standard InChI is InChI=1S/C20H23ClN4O3/c1-5-25-13(2)15(10-22-25)11-24(4)20(26)19-16(14(3)28-23-19)12-27-18-9-7-6-8-17(18)21/h6-10H,5,11-12H2,1-4H3. The van der Waals surface area contributed by atoms with E-state index < -0.39 is 0 Å². The van der Waals surface area contributed by atoms with Gasteiger partial charge in [0, 0.05) is 31.4 Å². The summed E-state index contributed by atoms with van der Waals surface area (Å²) in [6.07, 6.45) is 1.79. The summed E-state index contributed by atoms with van der Waals surface area (Å²) in [4.78, 5) is 14.5. The first kappa shape index (κ1) is 19.9. The molecule has 0 aliphatic carbocycles. The van der Waals surface area contributed by atoms with Crippen LogP contribution < -0.4 is 4.74 Å². The molecule has 8 heteroatoms. The normalized spacial score (nSPS) is 10.9. The zero-order valence-corrected chi connectivity index (χ0v) is 17.2. The molecule has 7 nitrogen and oxygen atoms in total. The van der Waals surface area contributed by atoms with Gasteiger partial charge < -0.3 is 14.2 Å². The smallest absolute Gasteiger partial charge is 0.276 e. The summed E-state index contributed by atoms with van der Waals surface area (Å²) in [7, 11) is 1.73. The average Bonchev–Trinajstić information content (AvgIpc) is 3.23. The van der Waals surface area contributed by atoms with E-state index in [4.69, 9.17) is 20.9 Å². The van der Waals surface area contributed by atoms with Gasteiger partial charge in [0.1, 0.15) is 18.1 Å². The Labute approximate surface area is 168 Å². The van der Waals surface area contributed by atoms with Crippen molar-refractivity contribution in [3.8, 4) is 5.75 Å². The number of rotatable bonds is 7. The number of hydrogen-bond acceptors (Lipinski definition) is 5. The molecular formula is C20H23ClN4O3. The second-order valence-electron chi connectivity index (χ2n) is 6.52. The Kier molecular flexibility index (Phi) is 6.04. The van der Waals surface area contributed by atoms with Crippen molar-refractivity contribution < 1.29 is 14.1 Å². The Hall–Kier alpha value is -2.80. The number of para-hydroxylation sites is 1. The van der Waals surface area contributed by atoms with Gasteiger partial charge in [0.2, 0.25) is 0 Å². The largest absolute Gasteiger partial charge is 0.487 e. The van der Waals surface area contributed by atoms with E-state index in [-0.39, 0.29) is 18.2 Å². The lowest BCUT2D eigenvalue weighted by Crippen LogP contribution is -2.27. The first-order valence-electron chi connectivity index (χ1n) is 9.01. The van der Waals surface area contributed by atoms with Crippen LogP contribution in [0.1, 0.15) is 40.0 Å². The zero-order valence-electron chi connectivity index (χ0n) is 16.4. The highest BCUT2D eigenvalue weighted by Gasteiger charge is 2.24. The Balaban J connectivity index is 1.75. The molecular weight excluding hydrogens is 380 g/mol. The summed E-state index contributed by atoms with van der Waals surface area (Å²) in [6.45, 7) is 7.14. The van der Waals surface area contributed by atoms with Crippen LogP contribution in [0.2, 0.25) is 5.02 Å². The molecule has 0 N–H and O–H groups in total. The summed E-state index contributed by atoms with van der Waals surface area (Å²) in [5, 5.41) is 8.79. The fraction of sp³-hybridized carbons (Fsp3) is 0.350. The van der Waals surface area contributed by atoms with Gasteiger partial charge in [-0.05, 0) is 32.9 Å². The Morgan fingerprint density at radius 1 is 1.32 bits per heavy atom. The lowest BCUT2D eigenvalue weighted by atomic mass is 10.1. The van der Waals surface area contributed by atoms with Gasteiger partial charge in [0.05, 0.1) is 16.8 Å². The van der Waals surface area contributed by atoms with Crippen molar-refractivity contribution in [3.05, 3.63) is 63.8 Å². The van der Waals surface area contributed by atoms with Crippen molar-refractivity contribution in [1.82, 2.24) is 19.8 Å². The van der Waals surface area contributed by atoms with Crippen LogP contribution in [0.5, 0.6) is 5.75 Å². The maximum atomic E-state index is 12.9. The number of benzene rings is 1. The van der Waals surface area contributed by atoms with E-state index >= 15 is 0 Å². The highest BCUT2D eigenvalue weighted by atomic mass is 35.5. The third kappa shape index (κ3) is 4.04. The molecule has 28 heavy (non-hydrogen) atoms. The van der Waals surface area contributed by atoms with Crippen molar-refractivity contribution >= 4 is 17.5 Å². The van der Waals surface area contributed by atoms with Crippen LogP contribution in [-0.2, 0) is 19.7 Å². The number of halogens is 1. The monoisotopic (exact) mass is 402 g/mol. The number of aromatic nitrogens is 3. The number of carbonyl (C=O) groups is 1. The van der Waals surface area contributed by atoms with Crippen molar-refractivity contribution in [2.45, 2.75) is 40.5 Å². The summed E-state index contributed by atoms with van der Waals surface area (Å²) < 4.78 is 12.9. The first-order chi connectivity index (χ1) is 13.4. The molecule has 1 amide bonds. The fourth-order valence-corrected chi connectivity index (χ4v) is 3.10. The van der Waals surface area contributed by atoms with Gasteiger partial charge in [-0.2, -0.15) is 5.10 Å². The minimum atomic E-state index is -0.238. The van der Waals surface area contributed by atoms with Gasteiger partial charge >= 0.3 is 0 Å². The lowest BCUT2D eigenvalue weighted by Gasteiger charge is -2.16. The number of amides is 1. The molecule has 0 spiro atoms. The first-order valence-corrected chi connectivity index (χ1v) is 9.39. The average molecular weight is 403 g/mol. The molecule has 0 fully saturated rings. The van der Waals surface area contributed by atoms with Crippen molar-refractivity contribution in [2.75, 3.05) is 7.05 Å². The third-order valence-electron chi connectivity index (χ3n) is 4.65. The van der Waals surface area contributed by atoms with Crippen molar-refractivity contribution in [1.29, 1.82) is 0 Å². The summed E-state index contributed by atoms with van der Waals surface area (Å²) in [5.74, 6) is 0.844. The SMILES string of the molecule is CCn1ncc(CN(C)C(=O)c2noc(C)c2COc2ccccc2Cl)c1C. The topological polar surface area (TPSA) is 73.4 Å². The van der Waals surface area contributed by atoms with Gasteiger partial charge in [-0.25, -0.2) is 0 Å². The number of aryl methyl sites for hydroxylation is 2. The molecule has 0 unspecified atom stereocenters. The Bertz CT molecular complexity index is 980. The number of nitrogens with zero attached hydrogens (tertiary/aromatic N) is 4. The van der Waals surface area contributed by atoms with Crippen LogP contribution in [0.15, 0.2) is 35.0 Å². The van der Waals surface area contributed by atoms with Crippen LogP contribution in [0.4, 0.5) is 0 Å².